The van der Waals surface area contributed by atoms with Gasteiger partial charge >= 0.3 is 0 Å². The summed E-state index contributed by atoms with van der Waals surface area (Å²) < 4.78 is 0. The fourth-order valence-electron chi connectivity index (χ4n) is 5.04. The molecule has 4 nitrogen and oxygen atoms in total. The SMILES string of the molecule is CC(C)[C@@H](C(=O)N1CCC2(CCC(=O)N(C3CC3)C2)CC1)c1ccccc1. The zero-order valence-electron chi connectivity index (χ0n) is 16.7. The Kier molecular flexibility index (Phi) is 5.00. The lowest BCUT2D eigenvalue weighted by atomic mass is 9.72. The Morgan fingerprint density at radius 2 is 1.74 bits per heavy atom. The van der Waals surface area contributed by atoms with Crippen LogP contribution in [0.2, 0.25) is 0 Å². The van der Waals surface area contributed by atoms with Crippen molar-refractivity contribution >= 4 is 11.8 Å². The van der Waals surface area contributed by atoms with Crippen LogP contribution in [-0.2, 0) is 9.59 Å². The molecule has 0 bridgehead atoms. The first-order valence-corrected chi connectivity index (χ1v) is 10.6. The van der Waals surface area contributed by atoms with E-state index in [2.05, 4.69) is 35.8 Å². The van der Waals surface area contributed by atoms with Crippen molar-refractivity contribution in [2.75, 3.05) is 19.6 Å². The summed E-state index contributed by atoms with van der Waals surface area (Å²) in [6.07, 6.45) is 6.13. The molecule has 0 N–H and O–H groups in total. The molecular weight excluding hydrogens is 336 g/mol. The predicted molar refractivity (Wildman–Crippen MR) is 106 cm³/mol. The number of rotatable bonds is 4. The summed E-state index contributed by atoms with van der Waals surface area (Å²) in [4.78, 5) is 29.8. The van der Waals surface area contributed by atoms with Crippen molar-refractivity contribution in [3.05, 3.63) is 35.9 Å². The Bertz CT molecular complexity index is 688. The lowest BCUT2D eigenvalue weighted by Crippen LogP contribution is -2.53. The van der Waals surface area contributed by atoms with E-state index in [9.17, 15) is 9.59 Å². The zero-order valence-corrected chi connectivity index (χ0v) is 16.7. The van der Waals surface area contributed by atoms with Crippen LogP contribution in [0.4, 0.5) is 0 Å². The Balaban J connectivity index is 1.42. The van der Waals surface area contributed by atoms with Crippen LogP contribution < -0.4 is 0 Å². The third-order valence-electron chi connectivity index (χ3n) is 6.91. The summed E-state index contributed by atoms with van der Waals surface area (Å²) >= 11 is 0. The van der Waals surface area contributed by atoms with Crippen LogP contribution in [0, 0.1) is 11.3 Å². The van der Waals surface area contributed by atoms with Gasteiger partial charge in [0.25, 0.3) is 0 Å². The predicted octanol–water partition coefficient (Wildman–Crippen LogP) is 3.82. The smallest absolute Gasteiger partial charge is 0.230 e. The average molecular weight is 369 g/mol. The van der Waals surface area contributed by atoms with E-state index in [1.54, 1.807) is 0 Å². The number of piperidine rings is 2. The molecule has 4 rings (SSSR count). The normalized spacial score (nSPS) is 23.7. The van der Waals surface area contributed by atoms with Crippen LogP contribution in [0.3, 0.4) is 0 Å². The lowest BCUT2D eigenvalue weighted by Gasteiger charge is -2.48. The highest BCUT2D eigenvalue weighted by Crippen LogP contribution is 2.44. The number of benzene rings is 1. The number of hydrogen-bond donors (Lipinski definition) is 0. The lowest BCUT2D eigenvalue weighted by molar-refractivity contribution is -0.144. The van der Waals surface area contributed by atoms with E-state index in [1.165, 1.54) is 12.8 Å². The van der Waals surface area contributed by atoms with Gasteiger partial charge in [-0.1, -0.05) is 44.2 Å². The molecule has 27 heavy (non-hydrogen) atoms. The van der Waals surface area contributed by atoms with Crippen LogP contribution in [0.5, 0.6) is 0 Å². The minimum atomic E-state index is -0.0591. The highest BCUT2D eigenvalue weighted by molar-refractivity contribution is 5.84. The topological polar surface area (TPSA) is 40.6 Å². The van der Waals surface area contributed by atoms with Gasteiger partial charge in [0.05, 0.1) is 5.92 Å². The summed E-state index contributed by atoms with van der Waals surface area (Å²) in [5, 5.41) is 0. The highest BCUT2D eigenvalue weighted by Gasteiger charge is 2.46. The van der Waals surface area contributed by atoms with Crippen molar-refractivity contribution in [1.82, 2.24) is 9.80 Å². The molecular formula is C23H32N2O2. The minimum absolute atomic E-state index is 0.0591. The Morgan fingerprint density at radius 3 is 2.33 bits per heavy atom. The Morgan fingerprint density at radius 1 is 1.07 bits per heavy atom. The molecule has 1 spiro atoms. The van der Waals surface area contributed by atoms with Crippen molar-refractivity contribution in [2.24, 2.45) is 11.3 Å². The van der Waals surface area contributed by atoms with Gasteiger partial charge in [-0.2, -0.15) is 0 Å². The number of carbonyl (C=O) groups excluding carboxylic acids is 2. The molecule has 2 amide bonds. The summed E-state index contributed by atoms with van der Waals surface area (Å²) in [5.41, 5.74) is 1.37. The number of amides is 2. The molecule has 1 aliphatic carbocycles. The first-order chi connectivity index (χ1) is 13.0. The second-order valence-electron chi connectivity index (χ2n) is 9.21. The number of hydrogen-bond acceptors (Lipinski definition) is 2. The van der Waals surface area contributed by atoms with E-state index in [1.807, 2.05) is 18.2 Å². The van der Waals surface area contributed by atoms with Crippen molar-refractivity contribution in [3.63, 3.8) is 0 Å². The molecule has 0 unspecified atom stereocenters. The second-order valence-corrected chi connectivity index (χ2v) is 9.21. The second kappa shape index (κ2) is 7.29. The molecule has 1 aromatic carbocycles. The molecule has 3 fully saturated rings. The van der Waals surface area contributed by atoms with E-state index in [-0.39, 0.29) is 23.2 Å². The molecule has 3 aliphatic rings. The summed E-state index contributed by atoms with van der Waals surface area (Å²) in [5.74, 6) is 0.854. The average Bonchev–Trinajstić information content (AvgIpc) is 3.50. The number of nitrogens with zero attached hydrogens (tertiary/aromatic N) is 2. The standard InChI is InChI=1S/C23H32N2O2/c1-17(2)21(18-6-4-3-5-7-18)22(27)24-14-12-23(13-15-24)11-10-20(26)25(16-23)19-8-9-19/h3-7,17,19,21H,8-16H2,1-2H3/t21-/m1/s1. The quantitative estimate of drug-likeness (QED) is 0.811. The number of likely N-dealkylation sites (tertiary alicyclic amines) is 2. The monoisotopic (exact) mass is 368 g/mol. The maximum atomic E-state index is 13.3. The minimum Gasteiger partial charge on any atom is -0.342 e. The molecule has 1 saturated carbocycles. The van der Waals surface area contributed by atoms with Crippen LogP contribution in [0.25, 0.3) is 0 Å². The van der Waals surface area contributed by atoms with Gasteiger partial charge in [-0.25, -0.2) is 0 Å². The van der Waals surface area contributed by atoms with Crippen LogP contribution in [0.15, 0.2) is 30.3 Å². The molecule has 1 aromatic rings. The van der Waals surface area contributed by atoms with Gasteiger partial charge < -0.3 is 9.80 Å². The fraction of sp³-hybridized carbons (Fsp3) is 0.652. The molecule has 1 atom stereocenters. The molecule has 2 saturated heterocycles. The summed E-state index contributed by atoms with van der Waals surface area (Å²) in [7, 11) is 0. The van der Waals surface area contributed by atoms with E-state index < -0.39 is 0 Å². The molecule has 146 valence electrons. The van der Waals surface area contributed by atoms with Gasteiger partial charge in [-0.15, -0.1) is 0 Å². The molecule has 0 aromatic heterocycles. The van der Waals surface area contributed by atoms with Crippen LogP contribution in [-0.4, -0.2) is 47.3 Å². The van der Waals surface area contributed by atoms with Gasteiger partial charge in [-0.3, -0.25) is 9.59 Å². The van der Waals surface area contributed by atoms with Gasteiger partial charge in [-0.05, 0) is 49.0 Å². The molecule has 2 aliphatic heterocycles. The van der Waals surface area contributed by atoms with Crippen molar-refractivity contribution in [1.29, 1.82) is 0 Å². The van der Waals surface area contributed by atoms with E-state index in [4.69, 9.17) is 0 Å². The molecule has 2 heterocycles. The molecule has 4 heteroatoms. The third kappa shape index (κ3) is 3.76. The van der Waals surface area contributed by atoms with E-state index in [0.29, 0.717) is 18.4 Å². The third-order valence-corrected chi connectivity index (χ3v) is 6.91. The Hall–Kier alpha value is -1.84. The van der Waals surface area contributed by atoms with Crippen molar-refractivity contribution < 1.29 is 9.59 Å². The maximum Gasteiger partial charge on any atom is 0.230 e. The van der Waals surface area contributed by atoms with Crippen molar-refractivity contribution in [3.8, 4) is 0 Å². The summed E-state index contributed by atoms with van der Waals surface area (Å²) in [6, 6.07) is 10.7. The van der Waals surface area contributed by atoms with Gasteiger partial charge in [0.15, 0.2) is 0 Å². The first kappa shape index (κ1) is 18.5. The van der Waals surface area contributed by atoms with Gasteiger partial charge in [0, 0.05) is 32.1 Å². The van der Waals surface area contributed by atoms with E-state index >= 15 is 0 Å². The Labute approximate surface area is 162 Å². The largest absolute Gasteiger partial charge is 0.342 e. The summed E-state index contributed by atoms with van der Waals surface area (Å²) in [6.45, 7) is 6.87. The first-order valence-electron chi connectivity index (χ1n) is 10.6. The van der Waals surface area contributed by atoms with E-state index in [0.717, 1.165) is 44.5 Å². The van der Waals surface area contributed by atoms with Crippen LogP contribution in [0.1, 0.15) is 63.9 Å². The maximum absolute atomic E-state index is 13.3. The fourth-order valence-corrected chi connectivity index (χ4v) is 5.04. The van der Waals surface area contributed by atoms with Gasteiger partial charge in [0.2, 0.25) is 11.8 Å². The van der Waals surface area contributed by atoms with Crippen LogP contribution >= 0.6 is 0 Å². The van der Waals surface area contributed by atoms with Gasteiger partial charge in [0.1, 0.15) is 0 Å². The number of carbonyl (C=O) groups is 2. The highest BCUT2D eigenvalue weighted by atomic mass is 16.2. The molecule has 0 radical (unpaired) electrons. The van der Waals surface area contributed by atoms with Crippen molar-refractivity contribution in [2.45, 2.75) is 64.3 Å². The zero-order chi connectivity index (χ0) is 19.0.